The number of carbonyl (C=O) groups is 2. The number of amides is 2. The summed E-state index contributed by atoms with van der Waals surface area (Å²) in [7, 11) is 0. The molecule has 0 aliphatic carbocycles. The van der Waals surface area contributed by atoms with Gasteiger partial charge in [0, 0.05) is 37.7 Å². The maximum absolute atomic E-state index is 13.1. The summed E-state index contributed by atoms with van der Waals surface area (Å²) in [4.78, 5) is 26.5. The highest BCUT2D eigenvalue weighted by molar-refractivity contribution is 5.93. The number of rotatable bonds is 7. The summed E-state index contributed by atoms with van der Waals surface area (Å²) in [6.07, 6.45) is 2.18. The number of nitrogens with one attached hydrogen (secondary N) is 2. The zero-order valence-electron chi connectivity index (χ0n) is 15.9. The third kappa shape index (κ3) is 6.46. The standard InChI is InChI=1S/C22H26FN3O2/c23-18-8-4-9-19(14-18)24-21(27)11-12-22(28)25-20-10-5-13-26(16-20)15-17-6-2-1-3-7-17/h1-4,6-9,14,20H,5,10-13,15-16H2,(H,24,27)(H,25,28)/t20-/m0/s1. The van der Waals surface area contributed by atoms with Crippen LogP contribution in [0.15, 0.2) is 54.6 Å². The fraction of sp³-hybridized carbons (Fsp3) is 0.364. The highest BCUT2D eigenvalue weighted by Crippen LogP contribution is 2.14. The molecule has 1 fully saturated rings. The Balaban J connectivity index is 1.39. The third-order valence-corrected chi connectivity index (χ3v) is 4.81. The largest absolute Gasteiger partial charge is 0.352 e. The lowest BCUT2D eigenvalue weighted by Gasteiger charge is -2.33. The summed E-state index contributed by atoms with van der Waals surface area (Å²) < 4.78 is 13.1. The minimum atomic E-state index is -0.409. The highest BCUT2D eigenvalue weighted by atomic mass is 19.1. The molecule has 1 saturated heterocycles. The van der Waals surface area contributed by atoms with Gasteiger partial charge in [0.15, 0.2) is 0 Å². The molecule has 28 heavy (non-hydrogen) atoms. The van der Waals surface area contributed by atoms with Crippen molar-refractivity contribution in [1.82, 2.24) is 10.2 Å². The zero-order chi connectivity index (χ0) is 19.8. The molecule has 2 N–H and O–H groups in total. The van der Waals surface area contributed by atoms with E-state index in [1.165, 1.54) is 23.8 Å². The summed E-state index contributed by atoms with van der Waals surface area (Å²) in [6, 6.07) is 16.1. The minimum Gasteiger partial charge on any atom is -0.352 e. The van der Waals surface area contributed by atoms with E-state index in [1.54, 1.807) is 6.07 Å². The van der Waals surface area contributed by atoms with Crippen molar-refractivity contribution in [3.8, 4) is 0 Å². The lowest BCUT2D eigenvalue weighted by Crippen LogP contribution is -2.47. The number of piperidine rings is 1. The molecule has 5 nitrogen and oxygen atoms in total. The lowest BCUT2D eigenvalue weighted by atomic mass is 10.0. The van der Waals surface area contributed by atoms with E-state index in [-0.39, 0.29) is 30.7 Å². The zero-order valence-corrected chi connectivity index (χ0v) is 15.9. The fourth-order valence-electron chi connectivity index (χ4n) is 3.48. The van der Waals surface area contributed by atoms with Crippen LogP contribution in [0.3, 0.4) is 0 Å². The average Bonchev–Trinajstić information content (AvgIpc) is 2.67. The number of halogens is 1. The molecule has 0 unspecified atom stereocenters. The van der Waals surface area contributed by atoms with Crippen molar-refractivity contribution in [2.24, 2.45) is 0 Å². The Labute approximate surface area is 164 Å². The summed E-state index contributed by atoms with van der Waals surface area (Å²) >= 11 is 0. The van der Waals surface area contributed by atoms with E-state index >= 15 is 0 Å². The van der Waals surface area contributed by atoms with E-state index in [2.05, 4.69) is 27.7 Å². The molecule has 1 heterocycles. The maximum atomic E-state index is 13.1. The van der Waals surface area contributed by atoms with Gasteiger partial charge in [-0.2, -0.15) is 0 Å². The summed E-state index contributed by atoms with van der Waals surface area (Å²) in [5.41, 5.74) is 1.66. The summed E-state index contributed by atoms with van der Waals surface area (Å²) in [6.45, 7) is 2.72. The van der Waals surface area contributed by atoms with E-state index in [1.807, 2.05) is 18.2 Å². The molecule has 6 heteroatoms. The Kier molecular flexibility index (Phi) is 7.14. The second-order valence-corrected chi connectivity index (χ2v) is 7.19. The van der Waals surface area contributed by atoms with Crippen LogP contribution in [-0.2, 0) is 16.1 Å². The predicted octanol–water partition coefficient (Wildman–Crippen LogP) is 3.33. The molecule has 1 atom stereocenters. The minimum absolute atomic E-state index is 0.0722. The predicted molar refractivity (Wildman–Crippen MR) is 107 cm³/mol. The van der Waals surface area contributed by atoms with Crippen molar-refractivity contribution < 1.29 is 14.0 Å². The Hall–Kier alpha value is -2.73. The Morgan fingerprint density at radius 2 is 1.82 bits per heavy atom. The van der Waals surface area contributed by atoms with Gasteiger partial charge in [-0.15, -0.1) is 0 Å². The van der Waals surface area contributed by atoms with Crippen molar-refractivity contribution in [2.75, 3.05) is 18.4 Å². The first-order valence-electron chi connectivity index (χ1n) is 9.69. The topological polar surface area (TPSA) is 61.4 Å². The van der Waals surface area contributed by atoms with Crippen LogP contribution in [0.25, 0.3) is 0 Å². The Morgan fingerprint density at radius 3 is 2.61 bits per heavy atom. The average molecular weight is 383 g/mol. The number of carbonyl (C=O) groups excluding carboxylic acids is 2. The van der Waals surface area contributed by atoms with E-state index in [0.29, 0.717) is 5.69 Å². The lowest BCUT2D eigenvalue weighted by molar-refractivity contribution is -0.125. The number of anilines is 1. The molecule has 2 aromatic rings. The van der Waals surface area contributed by atoms with E-state index in [0.717, 1.165) is 32.5 Å². The molecule has 0 saturated carbocycles. The number of nitrogens with zero attached hydrogens (tertiary/aromatic N) is 1. The molecule has 0 radical (unpaired) electrons. The molecule has 0 spiro atoms. The van der Waals surface area contributed by atoms with Crippen LogP contribution in [0.5, 0.6) is 0 Å². The third-order valence-electron chi connectivity index (χ3n) is 4.81. The number of likely N-dealkylation sites (tertiary alicyclic amines) is 1. The van der Waals surface area contributed by atoms with Gasteiger partial charge in [0.2, 0.25) is 11.8 Å². The molecule has 0 aromatic heterocycles. The molecule has 0 bridgehead atoms. The molecule has 148 valence electrons. The first-order chi connectivity index (χ1) is 13.6. The number of benzene rings is 2. The van der Waals surface area contributed by atoms with Gasteiger partial charge in [0.25, 0.3) is 0 Å². The molecule has 2 aromatic carbocycles. The highest BCUT2D eigenvalue weighted by Gasteiger charge is 2.21. The monoisotopic (exact) mass is 383 g/mol. The van der Waals surface area contributed by atoms with Crippen LogP contribution in [0.2, 0.25) is 0 Å². The molecule has 1 aliphatic rings. The van der Waals surface area contributed by atoms with Gasteiger partial charge in [-0.05, 0) is 43.1 Å². The smallest absolute Gasteiger partial charge is 0.224 e. The van der Waals surface area contributed by atoms with Crippen molar-refractivity contribution >= 4 is 17.5 Å². The van der Waals surface area contributed by atoms with Crippen LogP contribution in [0.1, 0.15) is 31.2 Å². The van der Waals surface area contributed by atoms with Gasteiger partial charge in [0.1, 0.15) is 5.82 Å². The van der Waals surface area contributed by atoms with Crippen LogP contribution in [0.4, 0.5) is 10.1 Å². The first-order valence-corrected chi connectivity index (χ1v) is 9.69. The quantitative estimate of drug-likeness (QED) is 0.771. The SMILES string of the molecule is O=C(CCC(=O)N[C@H]1CCCN(Cc2ccccc2)C1)Nc1cccc(F)c1. The van der Waals surface area contributed by atoms with Gasteiger partial charge in [-0.25, -0.2) is 4.39 Å². The van der Waals surface area contributed by atoms with Crippen LogP contribution >= 0.6 is 0 Å². The van der Waals surface area contributed by atoms with Gasteiger partial charge in [-0.3, -0.25) is 14.5 Å². The fourth-order valence-corrected chi connectivity index (χ4v) is 3.48. The molecule has 1 aliphatic heterocycles. The van der Waals surface area contributed by atoms with Gasteiger partial charge < -0.3 is 10.6 Å². The van der Waals surface area contributed by atoms with Crippen molar-refractivity contribution in [3.05, 3.63) is 66.0 Å². The molecule has 2 amide bonds. The van der Waals surface area contributed by atoms with Crippen LogP contribution < -0.4 is 10.6 Å². The molecular formula is C22H26FN3O2. The second-order valence-electron chi connectivity index (χ2n) is 7.19. The first kappa shape index (κ1) is 20.0. The van der Waals surface area contributed by atoms with Gasteiger partial charge in [-0.1, -0.05) is 36.4 Å². The van der Waals surface area contributed by atoms with E-state index in [9.17, 15) is 14.0 Å². The van der Waals surface area contributed by atoms with E-state index in [4.69, 9.17) is 0 Å². The molecule has 3 rings (SSSR count). The van der Waals surface area contributed by atoms with E-state index < -0.39 is 5.82 Å². The normalized spacial score (nSPS) is 17.1. The van der Waals surface area contributed by atoms with Crippen molar-refractivity contribution in [2.45, 2.75) is 38.3 Å². The maximum Gasteiger partial charge on any atom is 0.224 e. The van der Waals surface area contributed by atoms with Gasteiger partial charge in [0.05, 0.1) is 0 Å². The van der Waals surface area contributed by atoms with Crippen LogP contribution in [0, 0.1) is 5.82 Å². The number of hydrogen-bond donors (Lipinski definition) is 2. The Morgan fingerprint density at radius 1 is 1.04 bits per heavy atom. The second kappa shape index (κ2) is 9.99. The number of hydrogen-bond acceptors (Lipinski definition) is 3. The van der Waals surface area contributed by atoms with Crippen molar-refractivity contribution in [3.63, 3.8) is 0 Å². The van der Waals surface area contributed by atoms with Crippen molar-refractivity contribution in [1.29, 1.82) is 0 Å². The Bertz CT molecular complexity index is 797. The summed E-state index contributed by atoms with van der Waals surface area (Å²) in [5, 5.41) is 5.65. The molecular weight excluding hydrogens is 357 g/mol. The van der Waals surface area contributed by atoms with Crippen LogP contribution in [-0.4, -0.2) is 35.8 Å². The van der Waals surface area contributed by atoms with Gasteiger partial charge >= 0.3 is 0 Å². The summed E-state index contributed by atoms with van der Waals surface area (Å²) in [5.74, 6) is -0.830.